The van der Waals surface area contributed by atoms with Gasteiger partial charge >= 0.3 is 9.24 Å². The molecule has 0 N–H and O–H groups in total. The normalized spacial score (nSPS) is 16.2. The van der Waals surface area contributed by atoms with Crippen molar-refractivity contribution < 1.29 is 12.6 Å². The first-order chi connectivity index (χ1) is 6.22. The van der Waals surface area contributed by atoms with E-state index in [9.17, 15) is 12.6 Å². The molecule has 0 aliphatic heterocycles. The fraction of sp³-hybridized carbons (Fsp3) is 0.500. The smallest absolute Gasteiger partial charge is 0.309 e. The van der Waals surface area contributed by atoms with Crippen molar-refractivity contribution in [3.63, 3.8) is 0 Å². The minimum Gasteiger partial charge on any atom is -0.309 e. The molecule has 1 atom stereocenters. The van der Waals surface area contributed by atoms with Gasteiger partial charge in [-0.05, 0) is 0 Å². The molecule has 10 heteroatoms. The van der Waals surface area contributed by atoms with Crippen LogP contribution in [0.3, 0.4) is 0 Å². The summed E-state index contributed by atoms with van der Waals surface area (Å²) in [5.41, 5.74) is 0. The van der Waals surface area contributed by atoms with Crippen LogP contribution in [0.2, 0.25) is 0 Å². The van der Waals surface area contributed by atoms with Crippen molar-refractivity contribution in [3.8, 4) is 0 Å². The molecule has 1 heterocycles. The topological polar surface area (TPSA) is 94.3 Å². The van der Waals surface area contributed by atoms with Crippen LogP contribution >= 0.6 is 10.7 Å². The van der Waals surface area contributed by atoms with Crippen molar-refractivity contribution in [2.75, 3.05) is 6.26 Å². The molecule has 0 aliphatic rings. The van der Waals surface area contributed by atoms with Crippen LogP contribution in [0.1, 0.15) is 0 Å². The fourth-order valence-corrected chi connectivity index (χ4v) is 4.19. The Morgan fingerprint density at radius 1 is 1.50 bits per heavy atom. The van der Waals surface area contributed by atoms with Gasteiger partial charge in [0.15, 0.2) is 0 Å². The summed E-state index contributed by atoms with van der Waals surface area (Å²) in [6.07, 6.45) is 2.41. The summed E-state index contributed by atoms with van der Waals surface area (Å²) >= 11 is 0. The largest absolute Gasteiger partial charge is 0.347 e. The predicted octanol–water partition coefficient (Wildman–Crippen LogP) is -0.245. The number of nitrogens with zero attached hydrogens (tertiary/aromatic N) is 4. The first kappa shape index (κ1) is 11.4. The number of rotatable bonds is 2. The molecule has 0 spiro atoms. The van der Waals surface area contributed by atoms with Gasteiger partial charge in [-0.3, -0.25) is 0 Å². The average Bonchev–Trinajstić information content (AvgIpc) is 2.29. The van der Waals surface area contributed by atoms with Gasteiger partial charge in [0.2, 0.25) is 5.16 Å². The van der Waals surface area contributed by atoms with Crippen LogP contribution in [0.5, 0.6) is 0 Å². The van der Waals surface area contributed by atoms with Gasteiger partial charge in [-0.15, -0.1) is 10.2 Å². The van der Waals surface area contributed by atoms with E-state index < -0.39 is 19.0 Å². The summed E-state index contributed by atoms with van der Waals surface area (Å²) < 4.78 is 37.3. The van der Waals surface area contributed by atoms with Crippen molar-refractivity contribution in [1.29, 1.82) is 0 Å². The molecule has 80 valence electrons. The Labute approximate surface area is 85.8 Å². The summed E-state index contributed by atoms with van der Waals surface area (Å²) in [5.74, 6) is 0. The van der Waals surface area contributed by atoms with Crippen molar-refractivity contribution in [2.24, 2.45) is 10.8 Å². The monoisotopic (exact) mass is 258 g/mol. The highest BCUT2D eigenvalue weighted by Gasteiger charge is 2.16. The first-order valence-corrected chi connectivity index (χ1v) is 7.43. The van der Waals surface area contributed by atoms with Crippen molar-refractivity contribution in [3.05, 3.63) is 6.33 Å². The lowest BCUT2D eigenvalue weighted by molar-refractivity contribution is 0.610. The highest BCUT2D eigenvalue weighted by molar-refractivity contribution is 8.17. The Morgan fingerprint density at radius 2 is 2.07 bits per heavy atom. The summed E-state index contributed by atoms with van der Waals surface area (Å²) in [7, 11) is -0.966. The highest BCUT2D eigenvalue weighted by atomic mass is 35.7. The van der Waals surface area contributed by atoms with Crippen LogP contribution in [-0.4, -0.2) is 33.6 Å². The molecule has 1 aromatic rings. The van der Waals surface area contributed by atoms with E-state index in [4.69, 9.17) is 10.7 Å². The second-order valence-electron chi connectivity index (χ2n) is 2.51. The second-order valence-corrected chi connectivity index (χ2v) is 7.07. The number of halogens is 1. The molecule has 0 aromatic carbocycles. The van der Waals surface area contributed by atoms with E-state index in [1.165, 1.54) is 17.9 Å². The lowest BCUT2D eigenvalue weighted by Crippen LogP contribution is -2.07. The molecular weight excluding hydrogens is 252 g/mol. The Hall–Kier alpha value is -0.670. The van der Waals surface area contributed by atoms with E-state index in [0.717, 1.165) is 6.26 Å². The van der Waals surface area contributed by atoms with Crippen LogP contribution in [0, 0.1) is 0 Å². The van der Waals surface area contributed by atoms with Crippen LogP contribution in [0.15, 0.2) is 15.3 Å². The van der Waals surface area contributed by atoms with E-state index in [2.05, 4.69) is 14.0 Å². The maximum Gasteiger partial charge on any atom is 0.347 e. The number of aryl methyl sites for hydroxylation is 1. The molecule has 0 saturated heterocycles. The van der Waals surface area contributed by atoms with E-state index in [0.29, 0.717) is 0 Å². The van der Waals surface area contributed by atoms with E-state index in [-0.39, 0.29) is 5.16 Å². The zero-order valence-corrected chi connectivity index (χ0v) is 9.67. The van der Waals surface area contributed by atoms with Crippen molar-refractivity contribution >= 4 is 29.6 Å². The Kier molecular flexibility index (Phi) is 2.83. The molecule has 1 rings (SSSR count). The summed E-state index contributed by atoms with van der Waals surface area (Å²) in [4.78, 5) is 0. The van der Waals surface area contributed by atoms with Gasteiger partial charge in [0.25, 0.3) is 0 Å². The third kappa shape index (κ3) is 2.66. The SMILES string of the molecule is Cn1cnnc1[S@@](C)(=O)=NS(=O)(=O)Cl. The van der Waals surface area contributed by atoms with Crippen LogP contribution < -0.4 is 0 Å². The Balaban J connectivity index is 3.44. The standard InChI is InChI=1S/C4H7ClN4O3S2/c1-9-3-6-7-4(9)13(2,10)8-14(5,11)12/h3H,1-2H3/t13-/m1/s1. The minimum absolute atomic E-state index is 0.0401. The first-order valence-electron chi connectivity index (χ1n) is 3.24. The quantitative estimate of drug-likeness (QED) is 0.682. The summed E-state index contributed by atoms with van der Waals surface area (Å²) in [5, 5.41) is 6.91. The summed E-state index contributed by atoms with van der Waals surface area (Å²) in [6, 6.07) is 0. The zero-order chi connectivity index (χ0) is 11.0. The summed E-state index contributed by atoms with van der Waals surface area (Å²) in [6.45, 7) is 0. The lowest BCUT2D eigenvalue weighted by Gasteiger charge is -2.00. The van der Waals surface area contributed by atoms with Crippen molar-refractivity contribution in [1.82, 2.24) is 14.8 Å². The molecule has 0 aliphatic carbocycles. The molecule has 0 fully saturated rings. The molecular formula is C4H7ClN4O3S2. The third-order valence-electron chi connectivity index (χ3n) is 1.24. The molecule has 7 nitrogen and oxygen atoms in total. The van der Waals surface area contributed by atoms with Gasteiger partial charge < -0.3 is 4.57 Å². The Bertz CT molecular complexity index is 553. The lowest BCUT2D eigenvalue weighted by atomic mass is 11.1. The molecule has 0 amide bonds. The highest BCUT2D eigenvalue weighted by Crippen LogP contribution is 2.11. The van der Waals surface area contributed by atoms with Crippen molar-refractivity contribution in [2.45, 2.75) is 5.16 Å². The van der Waals surface area contributed by atoms with Gasteiger partial charge in [0.1, 0.15) is 16.1 Å². The fourth-order valence-electron chi connectivity index (χ4n) is 0.819. The van der Waals surface area contributed by atoms with E-state index >= 15 is 0 Å². The molecule has 0 radical (unpaired) electrons. The van der Waals surface area contributed by atoms with Gasteiger partial charge in [0.05, 0.1) is 0 Å². The molecule has 0 unspecified atom stereocenters. The van der Waals surface area contributed by atoms with Gasteiger partial charge in [0, 0.05) is 24.0 Å². The van der Waals surface area contributed by atoms with Crippen LogP contribution in [-0.2, 0) is 26.0 Å². The van der Waals surface area contributed by atoms with Crippen LogP contribution in [0.4, 0.5) is 0 Å². The second kappa shape index (κ2) is 3.48. The zero-order valence-electron chi connectivity index (χ0n) is 7.29. The minimum atomic E-state index is -4.18. The number of hydrogen-bond acceptors (Lipinski definition) is 5. The number of aromatic nitrogens is 3. The third-order valence-corrected chi connectivity index (χ3v) is 4.64. The molecule has 0 saturated carbocycles. The maximum absolute atomic E-state index is 11.7. The van der Waals surface area contributed by atoms with E-state index in [1.807, 2.05) is 0 Å². The molecule has 1 aromatic heterocycles. The van der Waals surface area contributed by atoms with Gasteiger partial charge in [-0.1, -0.05) is 3.77 Å². The maximum atomic E-state index is 11.7. The van der Waals surface area contributed by atoms with E-state index in [1.54, 1.807) is 0 Å². The van der Waals surface area contributed by atoms with Gasteiger partial charge in [-0.2, -0.15) is 8.42 Å². The molecule has 14 heavy (non-hydrogen) atoms. The van der Waals surface area contributed by atoms with Crippen LogP contribution in [0.25, 0.3) is 0 Å². The Morgan fingerprint density at radius 3 is 2.43 bits per heavy atom. The number of hydrogen-bond donors (Lipinski definition) is 0. The van der Waals surface area contributed by atoms with Gasteiger partial charge in [-0.25, -0.2) is 4.21 Å². The molecule has 0 bridgehead atoms. The average molecular weight is 259 g/mol. The predicted molar refractivity (Wildman–Crippen MR) is 50.5 cm³/mol.